The molecule has 1 saturated heterocycles. The molecule has 4 nitrogen and oxygen atoms in total. The van der Waals surface area contributed by atoms with E-state index >= 15 is 0 Å². The Morgan fingerprint density at radius 2 is 2.07 bits per heavy atom. The van der Waals surface area contributed by atoms with Crippen molar-refractivity contribution in [2.45, 2.75) is 25.6 Å². The summed E-state index contributed by atoms with van der Waals surface area (Å²) in [5.74, 6) is 0.414. The lowest BCUT2D eigenvalue weighted by molar-refractivity contribution is -0.0882. The number of aliphatic hydroxyl groups is 1. The second kappa shape index (κ2) is 7.17. The van der Waals surface area contributed by atoms with Gasteiger partial charge in [-0.2, -0.15) is 0 Å². The van der Waals surface area contributed by atoms with E-state index in [1.165, 1.54) is 0 Å². The Hall–Kier alpha value is -0.160. The number of hydrogen-bond acceptors (Lipinski definition) is 4. The van der Waals surface area contributed by atoms with Gasteiger partial charge in [0, 0.05) is 12.5 Å². The summed E-state index contributed by atoms with van der Waals surface area (Å²) in [7, 11) is 1.94. The van der Waals surface area contributed by atoms with Crippen molar-refractivity contribution in [2.75, 3.05) is 33.4 Å². The minimum atomic E-state index is -0.0464. The van der Waals surface area contributed by atoms with Crippen LogP contribution in [-0.4, -0.2) is 44.8 Å². The molecule has 0 amide bonds. The summed E-state index contributed by atoms with van der Waals surface area (Å²) in [6.45, 7) is 2.64. The smallest absolute Gasteiger partial charge is 0.160 e. The third-order valence-electron chi connectivity index (χ3n) is 2.53. The van der Waals surface area contributed by atoms with E-state index in [1.807, 2.05) is 7.05 Å². The van der Waals surface area contributed by atoms with Crippen LogP contribution in [0.2, 0.25) is 0 Å². The first-order valence-electron chi connectivity index (χ1n) is 5.37. The van der Waals surface area contributed by atoms with Crippen LogP contribution in [0, 0.1) is 5.92 Å². The van der Waals surface area contributed by atoms with Crippen LogP contribution < -0.4 is 5.32 Å². The Balaban J connectivity index is 2.26. The molecule has 1 rings (SSSR count). The lowest BCUT2D eigenvalue weighted by Crippen LogP contribution is -2.25. The van der Waals surface area contributed by atoms with Crippen molar-refractivity contribution in [3.05, 3.63) is 0 Å². The molecule has 0 spiro atoms. The van der Waals surface area contributed by atoms with E-state index in [1.54, 1.807) is 0 Å². The molecule has 84 valence electrons. The van der Waals surface area contributed by atoms with Crippen LogP contribution in [0.4, 0.5) is 0 Å². The van der Waals surface area contributed by atoms with Crippen molar-refractivity contribution in [3.63, 3.8) is 0 Å². The molecular formula is C10H21NO3. The van der Waals surface area contributed by atoms with E-state index in [-0.39, 0.29) is 12.9 Å². The van der Waals surface area contributed by atoms with Crippen molar-refractivity contribution in [2.24, 2.45) is 5.92 Å². The highest BCUT2D eigenvalue weighted by Gasteiger charge is 2.25. The average molecular weight is 203 g/mol. The van der Waals surface area contributed by atoms with E-state index < -0.39 is 0 Å². The Morgan fingerprint density at radius 3 is 2.64 bits per heavy atom. The molecule has 0 aromatic rings. The molecule has 14 heavy (non-hydrogen) atoms. The summed E-state index contributed by atoms with van der Waals surface area (Å²) in [6, 6.07) is 0. The molecule has 1 unspecified atom stereocenters. The first-order valence-corrected chi connectivity index (χ1v) is 5.37. The third-order valence-corrected chi connectivity index (χ3v) is 2.53. The monoisotopic (exact) mass is 203 g/mol. The van der Waals surface area contributed by atoms with Crippen LogP contribution in [-0.2, 0) is 9.47 Å². The maximum atomic E-state index is 8.79. The van der Waals surface area contributed by atoms with Gasteiger partial charge in [0.25, 0.3) is 0 Å². The summed E-state index contributed by atoms with van der Waals surface area (Å²) >= 11 is 0. The second-order valence-electron chi connectivity index (χ2n) is 3.63. The van der Waals surface area contributed by atoms with Gasteiger partial charge in [0.2, 0.25) is 0 Å². The molecule has 1 aliphatic rings. The summed E-state index contributed by atoms with van der Waals surface area (Å²) in [5, 5.41) is 11.9. The van der Waals surface area contributed by atoms with Gasteiger partial charge in [0.05, 0.1) is 13.2 Å². The Morgan fingerprint density at radius 1 is 1.36 bits per heavy atom. The van der Waals surface area contributed by atoms with Crippen molar-refractivity contribution >= 4 is 0 Å². The van der Waals surface area contributed by atoms with E-state index in [2.05, 4.69) is 5.32 Å². The zero-order valence-corrected chi connectivity index (χ0v) is 8.87. The topological polar surface area (TPSA) is 50.7 Å². The maximum absolute atomic E-state index is 8.79. The lowest BCUT2D eigenvalue weighted by atomic mass is 9.99. The minimum Gasteiger partial charge on any atom is -0.396 e. The normalized spacial score (nSPS) is 20.1. The Bertz CT molecular complexity index is 129. The van der Waals surface area contributed by atoms with Crippen LogP contribution in [0.3, 0.4) is 0 Å². The quantitative estimate of drug-likeness (QED) is 0.627. The molecule has 2 N–H and O–H groups in total. The number of ether oxygens (including phenoxy) is 2. The van der Waals surface area contributed by atoms with Crippen LogP contribution in [0.5, 0.6) is 0 Å². The highest BCUT2D eigenvalue weighted by molar-refractivity contribution is 4.67. The molecule has 1 fully saturated rings. The summed E-state index contributed by atoms with van der Waals surface area (Å²) in [4.78, 5) is 0. The van der Waals surface area contributed by atoms with Crippen LogP contribution >= 0.6 is 0 Å². The standard InChI is InChI=1S/C10H21NO3/c1-11-5-4-9(3-2-6-12)10-13-7-8-14-10/h9-12H,2-8H2,1H3. The van der Waals surface area contributed by atoms with E-state index in [0.29, 0.717) is 19.1 Å². The fourth-order valence-corrected chi connectivity index (χ4v) is 1.75. The number of aliphatic hydroxyl groups excluding tert-OH is 1. The molecule has 0 aliphatic carbocycles. The highest BCUT2D eigenvalue weighted by atomic mass is 16.7. The van der Waals surface area contributed by atoms with Gasteiger partial charge in [-0.3, -0.25) is 0 Å². The van der Waals surface area contributed by atoms with Gasteiger partial charge in [-0.15, -0.1) is 0 Å². The minimum absolute atomic E-state index is 0.0464. The van der Waals surface area contributed by atoms with Crippen molar-refractivity contribution in [1.29, 1.82) is 0 Å². The van der Waals surface area contributed by atoms with E-state index in [0.717, 1.165) is 25.8 Å². The molecule has 0 radical (unpaired) electrons. The van der Waals surface area contributed by atoms with Crippen LogP contribution in [0.15, 0.2) is 0 Å². The highest BCUT2D eigenvalue weighted by Crippen LogP contribution is 2.22. The zero-order valence-electron chi connectivity index (χ0n) is 8.87. The average Bonchev–Trinajstić information content (AvgIpc) is 2.71. The summed E-state index contributed by atoms with van der Waals surface area (Å²) in [6.07, 6.45) is 2.80. The first-order chi connectivity index (χ1) is 6.88. The van der Waals surface area contributed by atoms with Crippen molar-refractivity contribution in [1.82, 2.24) is 5.32 Å². The Kier molecular flexibility index (Phi) is 6.10. The fourth-order valence-electron chi connectivity index (χ4n) is 1.75. The molecule has 0 bridgehead atoms. The van der Waals surface area contributed by atoms with E-state index in [4.69, 9.17) is 14.6 Å². The molecule has 0 saturated carbocycles. The predicted octanol–water partition coefficient (Wildman–Crippen LogP) is 0.357. The van der Waals surface area contributed by atoms with Gasteiger partial charge in [-0.25, -0.2) is 0 Å². The van der Waals surface area contributed by atoms with Crippen LogP contribution in [0.25, 0.3) is 0 Å². The van der Waals surface area contributed by atoms with Gasteiger partial charge in [0.15, 0.2) is 6.29 Å². The van der Waals surface area contributed by atoms with Crippen LogP contribution in [0.1, 0.15) is 19.3 Å². The molecule has 1 atom stereocenters. The maximum Gasteiger partial charge on any atom is 0.160 e. The number of rotatable bonds is 7. The molecular weight excluding hydrogens is 182 g/mol. The molecule has 1 aliphatic heterocycles. The third kappa shape index (κ3) is 3.92. The zero-order chi connectivity index (χ0) is 10.2. The van der Waals surface area contributed by atoms with Gasteiger partial charge in [-0.1, -0.05) is 0 Å². The molecule has 1 heterocycles. The second-order valence-corrected chi connectivity index (χ2v) is 3.63. The summed E-state index contributed by atoms with van der Waals surface area (Å²) in [5.41, 5.74) is 0. The largest absolute Gasteiger partial charge is 0.396 e. The summed E-state index contributed by atoms with van der Waals surface area (Å²) < 4.78 is 11.0. The molecule has 0 aromatic heterocycles. The van der Waals surface area contributed by atoms with Gasteiger partial charge >= 0.3 is 0 Å². The van der Waals surface area contributed by atoms with Gasteiger partial charge in [-0.05, 0) is 32.9 Å². The number of hydrogen-bond donors (Lipinski definition) is 2. The predicted molar refractivity (Wildman–Crippen MR) is 54.0 cm³/mol. The van der Waals surface area contributed by atoms with Gasteiger partial charge < -0.3 is 19.9 Å². The fraction of sp³-hybridized carbons (Fsp3) is 1.00. The first kappa shape index (κ1) is 11.9. The van der Waals surface area contributed by atoms with Gasteiger partial charge in [0.1, 0.15) is 0 Å². The Labute approximate surface area is 85.6 Å². The molecule has 4 heteroatoms. The SMILES string of the molecule is CNCCC(CCCO)C1OCCO1. The lowest BCUT2D eigenvalue weighted by Gasteiger charge is -2.21. The number of nitrogens with one attached hydrogen (secondary N) is 1. The van der Waals surface area contributed by atoms with E-state index in [9.17, 15) is 0 Å². The van der Waals surface area contributed by atoms with Crippen molar-refractivity contribution < 1.29 is 14.6 Å². The molecule has 0 aromatic carbocycles. The van der Waals surface area contributed by atoms with Crippen molar-refractivity contribution in [3.8, 4) is 0 Å².